The van der Waals surface area contributed by atoms with Gasteiger partial charge in [-0.1, -0.05) is 0 Å². The molecule has 0 aliphatic rings. The molecule has 74 valence electrons. The summed E-state index contributed by atoms with van der Waals surface area (Å²) < 4.78 is 0. The fourth-order valence-electron chi connectivity index (χ4n) is 1.66. The Balaban J connectivity index is 2.32. The SMILES string of the molecule is CNCCCCc1cc(C)[nH]c1C. The molecule has 1 aromatic rings. The Morgan fingerprint density at radius 2 is 2.08 bits per heavy atom. The minimum Gasteiger partial charge on any atom is -0.362 e. The molecule has 0 fully saturated rings. The number of H-pyrrole nitrogens is 1. The fourth-order valence-corrected chi connectivity index (χ4v) is 1.66. The summed E-state index contributed by atoms with van der Waals surface area (Å²) in [5.41, 5.74) is 4.09. The van der Waals surface area contributed by atoms with Crippen LogP contribution in [0.3, 0.4) is 0 Å². The lowest BCUT2D eigenvalue weighted by molar-refractivity contribution is 0.676. The van der Waals surface area contributed by atoms with E-state index in [2.05, 4.69) is 30.2 Å². The van der Waals surface area contributed by atoms with Crippen molar-refractivity contribution in [1.29, 1.82) is 0 Å². The van der Waals surface area contributed by atoms with E-state index < -0.39 is 0 Å². The molecular formula is C11H20N2. The van der Waals surface area contributed by atoms with Crippen molar-refractivity contribution in [3.05, 3.63) is 23.0 Å². The van der Waals surface area contributed by atoms with Crippen molar-refractivity contribution in [2.45, 2.75) is 33.1 Å². The van der Waals surface area contributed by atoms with Crippen molar-refractivity contribution in [3.8, 4) is 0 Å². The predicted octanol–water partition coefficient (Wildman–Crippen LogP) is 2.17. The summed E-state index contributed by atoms with van der Waals surface area (Å²) in [4.78, 5) is 3.33. The minimum absolute atomic E-state index is 1.13. The summed E-state index contributed by atoms with van der Waals surface area (Å²) in [5.74, 6) is 0. The fraction of sp³-hybridized carbons (Fsp3) is 0.636. The first-order valence-corrected chi connectivity index (χ1v) is 5.03. The van der Waals surface area contributed by atoms with Gasteiger partial charge in [0.15, 0.2) is 0 Å². The zero-order valence-electron chi connectivity index (χ0n) is 8.91. The number of hydrogen-bond acceptors (Lipinski definition) is 1. The van der Waals surface area contributed by atoms with E-state index >= 15 is 0 Å². The van der Waals surface area contributed by atoms with Gasteiger partial charge in [0.25, 0.3) is 0 Å². The predicted molar refractivity (Wildman–Crippen MR) is 57.1 cm³/mol. The first-order chi connectivity index (χ1) is 6.24. The second-order valence-corrected chi connectivity index (χ2v) is 3.66. The minimum atomic E-state index is 1.13. The lowest BCUT2D eigenvalue weighted by Gasteiger charge is -1.99. The van der Waals surface area contributed by atoms with Gasteiger partial charge in [-0.2, -0.15) is 0 Å². The van der Waals surface area contributed by atoms with Gasteiger partial charge >= 0.3 is 0 Å². The molecule has 1 aromatic heterocycles. The van der Waals surface area contributed by atoms with Crippen molar-refractivity contribution in [2.24, 2.45) is 0 Å². The van der Waals surface area contributed by atoms with E-state index in [1.54, 1.807) is 0 Å². The molecule has 0 bridgehead atoms. The second kappa shape index (κ2) is 5.07. The average molecular weight is 180 g/mol. The van der Waals surface area contributed by atoms with Gasteiger partial charge in [-0.25, -0.2) is 0 Å². The van der Waals surface area contributed by atoms with E-state index in [0.29, 0.717) is 0 Å². The number of unbranched alkanes of at least 4 members (excludes halogenated alkanes) is 1. The van der Waals surface area contributed by atoms with E-state index in [9.17, 15) is 0 Å². The molecule has 2 N–H and O–H groups in total. The first-order valence-electron chi connectivity index (χ1n) is 5.03. The van der Waals surface area contributed by atoms with Crippen molar-refractivity contribution in [1.82, 2.24) is 10.3 Å². The van der Waals surface area contributed by atoms with E-state index in [-0.39, 0.29) is 0 Å². The van der Waals surface area contributed by atoms with E-state index in [0.717, 1.165) is 6.54 Å². The quantitative estimate of drug-likeness (QED) is 0.668. The maximum Gasteiger partial charge on any atom is 0.0150 e. The van der Waals surface area contributed by atoms with Gasteiger partial charge in [0, 0.05) is 11.4 Å². The zero-order chi connectivity index (χ0) is 9.68. The van der Waals surface area contributed by atoms with Crippen LogP contribution >= 0.6 is 0 Å². The number of nitrogens with one attached hydrogen (secondary N) is 2. The molecule has 1 rings (SSSR count). The van der Waals surface area contributed by atoms with Gasteiger partial charge in [0.1, 0.15) is 0 Å². The van der Waals surface area contributed by atoms with Crippen LogP contribution in [0.15, 0.2) is 6.07 Å². The third-order valence-corrected chi connectivity index (χ3v) is 2.38. The summed E-state index contributed by atoms with van der Waals surface area (Å²) in [7, 11) is 2.01. The molecule has 0 aliphatic heterocycles. The van der Waals surface area contributed by atoms with Gasteiger partial charge in [0.2, 0.25) is 0 Å². The van der Waals surface area contributed by atoms with E-state index in [1.165, 1.54) is 36.2 Å². The first kappa shape index (κ1) is 10.3. The molecule has 1 heterocycles. The Morgan fingerprint density at radius 3 is 2.62 bits per heavy atom. The summed E-state index contributed by atoms with van der Waals surface area (Å²) in [6.07, 6.45) is 3.75. The van der Waals surface area contributed by atoms with Gasteiger partial charge < -0.3 is 10.3 Å². The summed E-state index contributed by atoms with van der Waals surface area (Å²) >= 11 is 0. The molecule has 2 heteroatoms. The number of hydrogen-bond donors (Lipinski definition) is 2. The van der Waals surface area contributed by atoms with Crippen molar-refractivity contribution >= 4 is 0 Å². The number of aromatic nitrogens is 1. The highest BCUT2D eigenvalue weighted by Gasteiger charge is 2.00. The Morgan fingerprint density at radius 1 is 1.31 bits per heavy atom. The van der Waals surface area contributed by atoms with Gasteiger partial charge in [-0.05, 0) is 58.3 Å². The molecule has 13 heavy (non-hydrogen) atoms. The van der Waals surface area contributed by atoms with Crippen LogP contribution in [0.4, 0.5) is 0 Å². The maximum atomic E-state index is 3.33. The van der Waals surface area contributed by atoms with Gasteiger partial charge in [0.05, 0.1) is 0 Å². The number of aryl methyl sites for hydroxylation is 3. The highest BCUT2D eigenvalue weighted by atomic mass is 14.8. The number of rotatable bonds is 5. The van der Waals surface area contributed by atoms with Crippen LogP contribution in [-0.4, -0.2) is 18.6 Å². The molecule has 0 radical (unpaired) electrons. The molecule has 0 saturated heterocycles. The molecule has 0 atom stereocenters. The maximum absolute atomic E-state index is 3.33. The Hall–Kier alpha value is -0.760. The van der Waals surface area contributed by atoms with Crippen molar-refractivity contribution in [3.63, 3.8) is 0 Å². The summed E-state index contributed by atoms with van der Waals surface area (Å²) in [6.45, 7) is 5.40. The molecule has 0 spiro atoms. The topological polar surface area (TPSA) is 27.8 Å². The molecule has 0 saturated carbocycles. The highest BCUT2D eigenvalue weighted by molar-refractivity contribution is 5.24. The van der Waals surface area contributed by atoms with Crippen LogP contribution in [-0.2, 0) is 6.42 Å². The molecule has 0 aromatic carbocycles. The number of aromatic amines is 1. The molecule has 0 amide bonds. The van der Waals surface area contributed by atoms with Crippen molar-refractivity contribution < 1.29 is 0 Å². The van der Waals surface area contributed by atoms with Crippen LogP contribution in [0.1, 0.15) is 29.8 Å². The van der Waals surface area contributed by atoms with Crippen LogP contribution in [0.2, 0.25) is 0 Å². The Labute approximate surface area is 80.7 Å². The van der Waals surface area contributed by atoms with E-state index in [1.807, 2.05) is 7.05 Å². The largest absolute Gasteiger partial charge is 0.362 e. The highest BCUT2D eigenvalue weighted by Crippen LogP contribution is 2.12. The lowest BCUT2D eigenvalue weighted by Crippen LogP contribution is -2.07. The monoisotopic (exact) mass is 180 g/mol. The third kappa shape index (κ3) is 3.23. The van der Waals surface area contributed by atoms with Crippen LogP contribution in [0.5, 0.6) is 0 Å². The van der Waals surface area contributed by atoms with E-state index in [4.69, 9.17) is 0 Å². The third-order valence-electron chi connectivity index (χ3n) is 2.38. The normalized spacial score (nSPS) is 10.7. The average Bonchev–Trinajstić information content (AvgIpc) is 2.39. The lowest BCUT2D eigenvalue weighted by atomic mass is 10.1. The summed E-state index contributed by atoms with van der Waals surface area (Å²) in [5, 5.41) is 3.17. The standard InChI is InChI=1S/C11H20N2/c1-9-8-11(10(2)13-9)6-4-5-7-12-3/h8,12-13H,4-7H2,1-3H3. The smallest absolute Gasteiger partial charge is 0.0150 e. The molecule has 0 unspecified atom stereocenters. The van der Waals surface area contributed by atoms with Gasteiger partial charge in [-0.3, -0.25) is 0 Å². The zero-order valence-corrected chi connectivity index (χ0v) is 8.91. The molecule has 0 aliphatic carbocycles. The molecule has 2 nitrogen and oxygen atoms in total. The second-order valence-electron chi connectivity index (χ2n) is 3.66. The van der Waals surface area contributed by atoms with Gasteiger partial charge in [-0.15, -0.1) is 0 Å². The van der Waals surface area contributed by atoms with Crippen LogP contribution < -0.4 is 5.32 Å². The van der Waals surface area contributed by atoms with Crippen molar-refractivity contribution in [2.75, 3.05) is 13.6 Å². The van der Waals surface area contributed by atoms with Crippen LogP contribution in [0.25, 0.3) is 0 Å². The summed E-state index contributed by atoms with van der Waals surface area (Å²) in [6, 6.07) is 2.26. The van der Waals surface area contributed by atoms with Crippen LogP contribution in [0, 0.1) is 13.8 Å². The Kier molecular flexibility index (Phi) is 4.03. The Bertz CT molecular complexity index is 251. The molecular weight excluding hydrogens is 160 g/mol.